The minimum absolute atomic E-state index is 0.0533. The maximum atomic E-state index is 11.7. The lowest BCUT2D eigenvalue weighted by molar-refractivity contribution is -0.119. The summed E-state index contributed by atoms with van der Waals surface area (Å²) in [5.74, 6) is 0.467. The van der Waals surface area contributed by atoms with Gasteiger partial charge in [-0.05, 0) is 31.4 Å². The number of hydrogen-bond acceptors (Lipinski definition) is 4. The second-order valence-electron chi connectivity index (χ2n) is 4.22. The van der Waals surface area contributed by atoms with Gasteiger partial charge in [0.15, 0.2) is 0 Å². The molecule has 0 saturated carbocycles. The number of carbonyl (C=O) groups excluding carboxylic acids is 1. The van der Waals surface area contributed by atoms with Crippen LogP contribution >= 0.6 is 0 Å². The Kier molecular flexibility index (Phi) is 3.93. The van der Waals surface area contributed by atoms with E-state index in [4.69, 9.17) is 10.5 Å². The number of carbonyl (C=O) groups is 1. The lowest BCUT2D eigenvalue weighted by Gasteiger charge is -2.21. The zero-order valence-corrected chi connectivity index (χ0v) is 9.69. The Bertz CT molecular complexity index is 372. The van der Waals surface area contributed by atoms with Crippen LogP contribution in [0, 0.1) is 0 Å². The van der Waals surface area contributed by atoms with Crippen molar-refractivity contribution >= 4 is 17.4 Å². The molecule has 1 aromatic rings. The van der Waals surface area contributed by atoms with Gasteiger partial charge in [-0.2, -0.15) is 0 Å². The zero-order valence-electron chi connectivity index (χ0n) is 9.69. The number of rotatable bonds is 3. The van der Waals surface area contributed by atoms with E-state index in [1.165, 1.54) is 6.20 Å². The molecule has 17 heavy (non-hydrogen) atoms. The third kappa shape index (κ3) is 3.71. The molecule has 0 aliphatic carbocycles. The number of amides is 1. The predicted octanol–water partition coefficient (Wildman–Crippen LogP) is 1.56. The van der Waals surface area contributed by atoms with Gasteiger partial charge < -0.3 is 15.8 Å². The standard InChI is InChI=1S/C12H17N3O2/c13-9-4-5-11(14-8-9)15-12(16)7-10-3-1-2-6-17-10/h4-5,8,10H,1-3,6-7,13H2,(H,14,15,16). The van der Waals surface area contributed by atoms with E-state index in [1.54, 1.807) is 12.1 Å². The Labute approximate surface area is 100 Å². The van der Waals surface area contributed by atoms with Crippen LogP contribution in [0.3, 0.4) is 0 Å². The van der Waals surface area contributed by atoms with E-state index >= 15 is 0 Å². The van der Waals surface area contributed by atoms with E-state index in [9.17, 15) is 4.79 Å². The Morgan fingerprint density at radius 2 is 2.41 bits per heavy atom. The monoisotopic (exact) mass is 235 g/mol. The number of ether oxygens (including phenoxy) is 1. The van der Waals surface area contributed by atoms with Crippen LogP contribution in [-0.4, -0.2) is 23.6 Å². The van der Waals surface area contributed by atoms with Crippen LogP contribution in [0.15, 0.2) is 18.3 Å². The molecule has 0 bridgehead atoms. The lowest BCUT2D eigenvalue weighted by atomic mass is 10.1. The summed E-state index contributed by atoms with van der Waals surface area (Å²) in [7, 11) is 0. The molecule has 0 aromatic carbocycles. The Balaban J connectivity index is 1.82. The average molecular weight is 235 g/mol. The van der Waals surface area contributed by atoms with Crippen molar-refractivity contribution in [2.24, 2.45) is 0 Å². The van der Waals surface area contributed by atoms with Crippen molar-refractivity contribution < 1.29 is 9.53 Å². The molecule has 0 spiro atoms. The third-order valence-corrected chi connectivity index (χ3v) is 2.74. The Morgan fingerprint density at radius 1 is 1.53 bits per heavy atom. The first-order valence-corrected chi connectivity index (χ1v) is 5.87. The fourth-order valence-corrected chi connectivity index (χ4v) is 1.85. The molecule has 1 saturated heterocycles. The summed E-state index contributed by atoms with van der Waals surface area (Å²) >= 11 is 0. The van der Waals surface area contributed by atoms with Gasteiger partial charge in [0.2, 0.25) is 5.91 Å². The van der Waals surface area contributed by atoms with E-state index in [0.29, 0.717) is 17.9 Å². The van der Waals surface area contributed by atoms with Gasteiger partial charge in [-0.3, -0.25) is 4.79 Å². The van der Waals surface area contributed by atoms with E-state index in [1.807, 2.05) is 0 Å². The molecule has 1 amide bonds. The van der Waals surface area contributed by atoms with Crippen molar-refractivity contribution in [2.45, 2.75) is 31.8 Å². The first kappa shape index (κ1) is 11.9. The molecule has 2 rings (SSSR count). The van der Waals surface area contributed by atoms with Gasteiger partial charge in [0.05, 0.1) is 24.4 Å². The number of hydrogen-bond donors (Lipinski definition) is 2. The predicted molar refractivity (Wildman–Crippen MR) is 65.5 cm³/mol. The zero-order chi connectivity index (χ0) is 12.1. The Morgan fingerprint density at radius 3 is 3.06 bits per heavy atom. The maximum Gasteiger partial charge on any atom is 0.228 e. The Hall–Kier alpha value is -1.62. The number of nitrogens with one attached hydrogen (secondary N) is 1. The highest BCUT2D eigenvalue weighted by atomic mass is 16.5. The summed E-state index contributed by atoms with van der Waals surface area (Å²) in [4.78, 5) is 15.7. The number of aromatic nitrogens is 1. The van der Waals surface area contributed by atoms with Crippen LogP contribution in [0.4, 0.5) is 11.5 Å². The van der Waals surface area contributed by atoms with Crippen molar-refractivity contribution in [3.8, 4) is 0 Å². The minimum atomic E-state index is -0.0610. The van der Waals surface area contributed by atoms with Crippen molar-refractivity contribution in [1.29, 1.82) is 0 Å². The first-order chi connectivity index (χ1) is 8.24. The average Bonchev–Trinajstić information content (AvgIpc) is 2.33. The number of nitrogen functional groups attached to an aromatic ring is 1. The molecule has 1 fully saturated rings. The fraction of sp³-hybridized carbons (Fsp3) is 0.500. The molecule has 2 heterocycles. The summed E-state index contributed by atoms with van der Waals surface area (Å²) in [6, 6.07) is 3.40. The molecule has 1 aromatic heterocycles. The van der Waals surface area contributed by atoms with Crippen LogP contribution in [0.25, 0.3) is 0 Å². The second kappa shape index (κ2) is 5.63. The lowest BCUT2D eigenvalue weighted by Crippen LogP contribution is -2.25. The summed E-state index contributed by atoms with van der Waals surface area (Å²) < 4.78 is 5.50. The first-order valence-electron chi connectivity index (χ1n) is 5.87. The number of pyridine rings is 1. The highest BCUT2D eigenvalue weighted by Gasteiger charge is 2.17. The van der Waals surface area contributed by atoms with Crippen molar-refractivity contribution in [2.75, 3.05) is 17.7 Å². The summed E-state index contributed by atoms with van der Waals surface area (Å²) in [6.07, 6.45) is 5.16. The highest BCUT2D eigenvalue weighted by molar-refractivity contribution is 5.90. The van der Waals surface area contributed by atoms with Gasteiger partial charge in [0, 0.05) is 6.61 Å². The molecule has 1 aliphatic heterocycles. The van der Waals surface area contributed by atoms with Crippen molar-refractivity contribution in [3.05, 3.63) is 18.3 Å². The summed E-state index contributed by atoms with van der Waals surface area (Å²) in [5, 5.41) is 2.73. The second-order valence-corrected chi connectivity index (χ2v) is 4.22. The number of nitrogens with two attached hydrogens (primary N) is 1. The molecule has 5 nitrogen and oxygen atoms in total. The van der Waals surface area contributed by atoms with Crippen LogP contribution in [-0.2, 0) is 9.53 Å². The van der Waals surface area contributed by atoms with E-state index in [2.05, 4.69) is 10.3 Å². The smallest absolute Gasteiger partial charge is 0.228 e. The number of nitrogens with zero attached hydrogens (tertiary/aromatic N) is 1. The van der Waals surface area contributed by atoms with Crippen molar-refractivity contribution in [1.82, 2.24) is 4.98 Å². The van der Waals surface area contributed by atoms with Crippen LogP contribution in [0.5, 0.6) is 0 Å². The van der Waals surface area contributed by atoms with Gasteiger partial charge in [0.1, 0.15) is 5.82 Å². The maximum absolute atomic E-state index is 11.7. The van der Waals surface area contributed by atoms with Gasteiger partial charge in [-0.15, -0.1) is 0 Å². The molecular weight excluding hydrogens is 218 g/mol. The largest absolute Gasteiger partial charge is 0.397 e. The molecule has 92 valence electrons. The van der Waals surface area contributed by atoms with Gasteiger partial charge in [-0.1, -0.05) is 0 Å². The molecule has 3 N–H and O–H groups in total. The third-order valence-electron chi connectivity index (χ3n) is 2.74. The topological polar surface area (TPSA) is 77.2 Å². The van der Waals surface area contributed by atoms with Gasteiger partial charge in [-0.25, -0.2) is 4.98 Å². The number of anilines is 2. The van der Waals surface area contributed by atoms with E-state index in [-0.39, 0.29) is 12.0 Å². The fourth-order valence-electron chi connectivity index (χ4n) is 1.85. The molecule has 5 heteroatoms. The molecule has 0 radical (unpaired) electrons. The van der Waals surface area contributed by atoms with Crippen molar-refractivity contribution in [3.63, 3.8) is 0 Å². The highest BCUT2D eigenvalue weighted by Crippen LogP contribution is 2.16. The van der Waals surface area contributed by atoms with Crippen LogP contribution in [0.1, 0.15) is 25.7 Å². The van der Waals surface area contributed by atoms with Gasteiger partial charge >= 0.3 is 0 Å². The molecule has 1 aliphatic rings. The minimum Gasteiger partial charge on any atom is -0.397 e. The van der Waals surface area contributed by atoms with E-state index < -0.39 is 0 Å². The normalized spacial score (nSPS) is 19.9. The quantitative estimate of drug-likeness (QED) is 0.833. The SMILES string of the molecule is Nc1ccc(NC(=O)CC2CCCCO2)nc1. The molecule has 1 unspecified atom stereocenters. The van der Waals surface area contributed by atoms with Gasteiger partial charge in [0.25, 0.3) is 0 Å². The van der Waals surface area contributed by atoms with Crippen LogP contribution in [0.2, 0.25) is 0 Å². The molecule has 1 atom stereocenters. The molecular formula is C12H17N3O2. The summed E-state index contributed by atoms with van der Waals surface area (Å²) in [5.41, 5.74) is 6.09. The summed E-state index contributed by atoms with van der Waals surface area (Å²) in [6.45, 7) is 0.762. The van der Waals surface area contributed by atoms with E-state index in [0.717, 1.165) is 25.9 Å². The van der Waals surface area contributed by atoms with Crippen LogP contribution < -0.4 is 11.1 Å².